The van der Waals surface area contributed by atoms with Gasteiger partial charge in [-0.1, -0.05) is 62.3 Å². The van der Waals surface area contributed by atoms with Gasteiger partial charge in [-0.25, -0.2) is 28.1 Å². The number of nitrogens with zero attached hydrogens (tertiary/aromatic N) is 3. The van der Waals surface area contributed by atoms with Crippen molar-refractivity contribution in [3.05, 3.63) is 31.5 Å². The van der Waals surface area contributed by atoms with Crippen LogP contribution in [0.2, 0.25) is 0 Å². The Hall–Kier alpha value is -1.59. The highest BCUT2D eigenvalue weighted by atomic mass is 16.2. The molecule has 1 rings (SSSR count). The molecule has 0 unspecified atom stereocenters. The van der Waals surface area contributed by atoms with E-state index in [-0.39, 0.29) is 16.2 Å². The van der Waals surface area contributed by atoms with Crippen molar-refractivity contribution in [3.63, 3.8) is 0 Å². The lowest BCUT2D eigenvalue weighted by Crippen LogP contribution is -2.54. The Labute approximate surface area is 182 Å². The molecule has 0 amide bonds. The molecule has 0 spiro atoms. The number of aromatic nitrogens is 3. The van der Waals surface area contributed by atoms with Crippen LogP contribution in [0, 0.1) is 16.2 Å². The minimum atomic E-state index is -0.458. The van der Waals surface area contributed by atoms with E-state index in [0.29, 0.717) is 19.6 Å². The van der Waals surface area contributed by atoms with Gasteiger partial charge < -0.3 is 0 Å². The Morgan fingerprint density at radius 2 is 0.667 bits per heavy atom. The summed E-state index contributed by atoms with van der Waals surface area (Å²) in [6.07, 6.45) is 4.94. The molecule has 1 aromatic rings. The molecule has 6 nitrogen and oxygen atoms in total. The molecule has 0 aromatic carbocycles. The summed E-state index contributed by atoms with van der Waals surface area (Å²) in [4.78, 5) is 39.1. The Bertz CT molecular complexity index is 708. The molecule has 6 heteroatoms. The van der Waals surface area contributed by atoms with Crippen LogP contribution in [0.25, 0.3) is 0 Å². The molecule has 0 aliphatic rings. The Morgan fingerprint density at radius 3 is 0.833 bits per heavy atom. The molecular weight excluding hydrogens is 378 g/mol. The molecule has 174 valence electrons. The van der Waals surface area contributed by atoms with Crippen molar-refractivity contribution in [2.45, 2.75) is 120 Å². The Balaban J connectivity index is 3.25. The first-order chi connectivity index (χ1) is 13.5. The van der Waals surface area contributed by atoms with Crippen molar-refractivity contribution >= 4 is 0 Å². The van der Waals surface area contributed by atoms with Gasteiger partial charge in [-0.15, -0.1) is 0 Å². The van der Waals surface area contributed by atoms with E-state index in [9.17, 15) is 14.4 Å². The van der Waals surface area contributed by atoms with Gasteiger partial charge in [0.25, 0.3) is 0 Å². The van der Waals surface area contributed by atoms with Crippen LogP contribution in [0.1, 0.15) is 101 Å². The summed E-state index contributed by atoms with van der Waals surface area (Å²) in [7, 11) is 0. The largest absolute Gasteiger partial charge is 0.336 e. The summed E-state index contributed by atoms with van der Waals surface area (Å²) in [5.41, 5.74) is -0.969. The van der Waals surface area contributed by atoms with Crippen LogP contribution in [0.15, 0.2) is 14.4 Å². The fourth-order valence-corrected chi connectivity index (χ4v) is 3.56. The quantitative estimate of drug-likeness (QED) is 0.581. The summed E-state index contributed by atoms with van der Waals surface area (Å²) < 4.78 is 3.84. The van der Waals surface area contributed by atoms with Crippen molar-refractivity contribution in [2.75, 3.05) is 0 Å². The van der Waals surface area contributed by atoms with Crippen molar-refractivity contribution < 1.29 is 0 Å². The van der Waals surface area contributed by atoms with Crippen LogP contribution < -0.4 is 17.1 Å². The molecule has 0 aliphatic heterocycles. The van der Waals surface area contributed by atoms with Crippen LogP contribution in [0.3, 0.4) is 0 Å². The first kappa shape index (κ1) is 26.4. The average Bonchev–Trinajstić information content (AvgIpc) is 2.54. The minimum Gasteiger partial charge on any atom is -0.247 e. The second kappa shape index (κ2) is 10.1. The van der Waals surface area contributed by atoms with Gasteiger partial charge in [0.15, 0.2) is 0 Å². The van der Waals surface area contributed by atoms with E-state index in [1.165, 1.54) is 13.7 Å². The molecule has 0 fully saturated rings. The highest BCUT2D eigenvalue weighted by Crippen LogP contribution is 2.22. The lowest BCUT2D eigenvalue weighted by molar-refractivity contribution is 0.321. The lowest BCUT2D eigenvalue weighted by atomic mass is 9.90. The van der Waals surface area contributed by atoms with Gasteiger partial charge in [0, 0.05) is 19.6 Å². The zero-order valence-corrected chi connectivity index (χ0v) is 20.9. The van der Waals surface area contributed by atoms with E-state index < -0.39 is 17.1 Å². The zero-order valence-electron chi connectivity index (χ0n) is 20.9. The van der Waals surface area contributed by atoms with Gasteiger partial charge >= 0.3 is 17.1 Å². The third-order valence-corrected chi connectivity index (χ3v) is 5.31. The third kappa shape index (κ3) is 9.05. The molecule has 1 aromatic heterocycles. The maximum Gasteiger partial charge on any atom is 0.336 e. The van der Waals surface area contributed by atoms with Crippen molar-refractivity contribution in [2.24, 2.45) is 16.2 Å². The van der Waals surface area contributed by atoms with E-state index in [0.717, 1.165) is 38.5 Å². The molecule has 1 heterocycles. The number of hydrogen-bond donors (Lipinski definition) is 0. The lowest BCUT2D eigenvalue weighted by Gasteiger charge is -2.21. The Morgan fingerprint density at radius 1 is 0.467 bits per heavy atom. The second-order valence-electron chi connectivity index (χ2n) is 12.3. The molecule has 0 aliphatic carbocycles. The number of hydrogen-bond acceptors (Lipinski definition) is 3. The molecule has 30 heavy (non-hydrogen) atoms. The highest BCUT2D eigenvalue weighted by molar-refractivity contribution is 4.80. The number of rotatable bonds is 9. The third-order valence-electron chi connectivity index (χ3n) is 5.31. The zero-order chi connectivity index (χ0) is 23.3. The fourth-order valence-electron chi connectivity index (χ4n) is 3.56. The van der Waals surface area contributed by atoms with Gasteiger partial charge in [-0.05, 0) is 54.8 Å². The molecular formula is C24H45N3O3. The summed E-state index contributed by atoms with van der Waals surface area (Å²) in [6, 6.07) is 0. The first-order valence-corrected chi connectivity index (χ1v) is 11.5. The molecule has 0 saturated heterocycles. The van der Waals surface area contributed by atoms with Crippen molar-refractivity contribution in [3.8, 4) is 0 Å². The predicted molar refractivity (Wildman–Crippen MR) is 125 cm³/mol. The smallest absolute Gasteiger partial charge is 0.247 e. The molecule has 0 radical (unpaired) electrons. The van der Waals surface area contributed by atoms with Gasteiger partial charge in [-0.3, -0.25) is 0 Å². The van der Waals surface area contributed by atoms with E-state index in [1.807, 2.05) is 0 Å². The maximum atomic E-state index is 13.0. The first-order valence-electron chi connectivity index (χ1n) is 11.5. The average molecular weight is 424 g/mol. The predicted octanol–water partition coefficient (Wildman–Crippen LogP) is 4.65. The fraction of sp³-hybridized carbons (Fsp3) is 0.875. The van der Waals surface area contributed by atoms with Crippen molar-refractivity contribution in [1.82, 2.24) is 13.7 Å². The van der Waals surface area contributed by atoms with Crippen LogP contribution in [0.5, 0.6) is 0 Å². The van der Waals surface area contributed by atoms with Crippen LogP contribution in [0.4, 0.5) is 0 Å². The van der Waals surface area contributed by atoms with Gasteiger partial charge in [0.05, 0.1) is 0 Å². The molecule has 0 N–H and O–H groups in total. The molecule has 0 saturated carbocycles. The standard InChI is InChI=1S/C24H45N3O3/c1-22(2,3)13-10-16-25-19(28)26(17-11-14-23(4,5)6)21(30)27(20(25)29)18-12-15-24(7,8)9/h10-18H2,1-9H3. The summed E-state index contributed by atoms with van der Waals surface area (Å²) in [6.45, 7) is 20.4. The van der Waals surface area contributed by atoms with Crippen LogP contribution in [-0.2, 0) is 19.6 Å². The monoisotopic (exact) mass is 423 g/mol. The van der Waals surface area contributed by atoms with E-state index >= 15 is 0 Å². The van der Waals surface area contributed by atoms with Crippen LogP contribution >= 0.6 is 0 Å². The van der Waals surface area contributed by atoms with Gasteiger partial charge in [0.2, 0.25) is 0 Å². The maximum absolute atomic E-state index is 13.0. The summed E-state index contributed by atoms with van der Waals surface area (Å²) in [5, 5.41) is 0. The molecule has 0 atom stereocenters. The van der Waals surface area contributed by atoms with Crippen LogP contribution in [-0.4, -0.2) is 13.7 Å². The Kier molecular flexibility index (Phi) is 8.94. The normalized spacial score (nSPS) is 13.1. The van der Waals surface area contributed by atoms with E-state index in [1.54, 1.807) is 0 Å². The summed E-state index contributed by atoms with van der Waals surface area (Å²) >= 11 is 0. The van der Waals surface area contributed by atoms with Gasteiger partial charge in [0.1, 0.15) is 0 Å². The van der Waals surface area contributed by atoms with E-state index in [2.05, 4.69) is 62.3 Å². The topological polar surface area (TPSA) is 66.0 Å². The van der Waals surface area contributed by atoms with Crippen molar-refractivity contribution in [1.29, 1.82) is 0 Å². The minimum absolute atomic E-state index is 0.135. The SMILES string of the molecule is CC(C)(C)CCCn1c(=O)n(CCCC(C)(C)C)c(=O)n(CCCC(C)(C)C)c1=O. The van der Waals surface area contributed by atoms with E-state index in [4.69, 9.17) is 0 Å². The van der Waals surface area contributed by atoms with Gasteiger partial charge in [-0.2, -0.15) is 0 Å². The second-order valence-corrected chi connectivity index (χ2v) is 12.3. The highest BCUT2D eigenvalue weighted by Gasteiger charge is 2.18. The molecule has 0 bridgehead atoms. The summed E-state index contributed by atoms with van der Waals surface area (Å²) in [5.74, 6) is 0.